The van der Waals surface area contributed by atoms with Crippen LogP contribution in [0.25, 0.3) is 0 Å². The van der Waals surface area contributed by atoms with E-state index in [1.807, 2.05) is 6.92 Å². The third-order valence-electron chi connectivity index (χ3n) is 5.22. The lowest BCUT2D eigenvalue weighted by Gasteiger charge is -2.53. The number of carbonyl (C=O) groups excluding carboxylic acids is 1. The lowest BCUT2D eigenvalue weighted by Crippen LogP contribution is -2.49. The highest BCUT2D eigenvalue weighted by Gasteiger charge is 2.51. The summed E-state index contributed by atoms with van der Waals surface area (Å²) < 4.78 is 10.6. The van der Waals surface area contributed by atoms with Gasteiger partial charge in [0, 0.05) is 7.11 Å². The van der Waals surface area contributed by atoms with Crippen molar-refractivity contribution in [3.63, 3.8) is 0 Å². The molecule has 0 saturated heterocycles. The van der Waals surface area contributed by atoms with Crippen LogP contribution >= 0.6 is 0 Å². The van der Waals surface area contributed by atoms with E-state index in [-0.39, 0.29) is 18.0 Å². The van der Waals surface area contributed by atoms with E-state index in [2.05, 4.69) is 0 Å². The van der Waals surface area contributed by atoms with Gasteiger partial charge in [-0.05, 0) is 62.7 Å². The third kappa shape index (κ3) is 2.18. The van der Waals surface area contributed by atoms with Crippen LogP contribution in [0.4, 0.5) is 0 Å². The number of ether oxygens (including phenoxy) is 2. The molecule has 0 aromatic rings. The van der Waals surface area contributed by atoms with Crippen LogP contribution in [0.3, 0.4) is 0 Å². The van der Waals surface area contributed by atoms with Crippen molar-refractivity contribution in [2.45, 2.75) is 45.1 Å². The van der Waals surface area contributed by atoms with E-state index >= 15 is 0 Å². The minimum Gasteiger partial charge on any atom is -0.460 e. The van der Waals surface area contributed by atoms with Gasteiger partial charge in [-0.2, -0.15) is 0 Å². The van der Waals surface area contributed by atoms with Gasteiger partial charge in [0.25, 0.3) is 0 Å². The number of methoxy groups -OCH3 is 1. The highest BCUT2D eigenvalue weighted by molar-refractivity contribution is 5.73. The Morgan fingerprint density at radius 1 is 1.11 bits per heavy atom. The standard InChI is InChI=1S/C15H24O3/c1-9(8-17-2)18-15(16)14-12-4-10-3-11(6-12)7-13(14)5-10/h9-14H,3-8H2,1-2H3/t9-,10?,11?,12?,13?,14?/m0/s1. The zero-order valence-electron chi connectivity index (χ0n) is 11.4. The van der Waals surface area contributed by atoms with Crippen LogP contribution in [-0.2, 0) is 14.3 Å². The fourth-order valence-electron chi connectivity index (χ4n) is 4.86. The molecule has 0 aliphatic heterocycles. The molecule has 4 saturated carbocycles. The Morgan fingerprint density at radius 2 is 1.67 bits per heavy atom. The molecule has 4 aliphatic carbocycles. The Kier molecular flexibility index (Phi) is 3.35. The van der Waals surface area contributed by atoms with Crippen LogP contribution in [0.5, 0.6) is 0 Å². The molecule has 4 rings (SSSR count). The largest absolute Gasteiger partial charge is 0.460 e. The van der Waals surface area contributed by atoms with Crippen molar-refractivity contribution in [1.29, 1.82) is 0 Å². The van der Waals surface area contributed by atoms with Gasteiger partial charge in [-0.3, -0.25) is 4.79 Å². The Balaban J connectivity index is 1.64. The molecule has 0 amide bonds. The maximum absolute atomic E-state index is 12.3. The van der Waals surface area contributed by atoms with E-state index in [1.165, 1.54) is 32.1 Å². The van der Waals surface area contributed by atoms with Gasteiger partial charge in [0.05, 0.1) is 12.5 Å². The molecule has 0 N–H and O–H groups in total. The van der Waals surface area contributed by atoms with Gasteiger partial charge in [0.2, 0.25) is 0 Å². The van der Waals surface area contributed by atoms with Gasteiger partial charge in [-0.1, -0.05) is 0 Å². The van der Waals surface area contributed by atoms with Crippen molar-refractivity contribution >= 4 is 5.97 Å². The van der Waals surface area contributed by atoms with E-state index < -0.39 is 0 Å². The Labute approximate surface area is 109 Å². The molecule has 3 heteroatoms. The molecule has 0 aromatic heterocycles. The highest BCUT2D eigenvalue weighted by atomic mass is 16.6. The summed E-state index contributed by atoms with van der Waals surface area (Å²) in [6.07, 6.45) is 6.39. The van der Waals surface area contributed by atoms with Crippen molar-refractivity contribution in [2.75, 3.05) is 13.7 Å². The summed E-state index contributed by atoms with van der Waals surface area (Å²) in [5.41, 5.74) is 0. The summed E-state index contributed by atoms with van der Waals surface area (Å²) in [6, 6.07) is 0. The fraction of sp³-hybridized carbons (Fsp3) is 0.933. The summed E-state index contributed by atoms with van der Waals surface area (Å²) in [5.74, 6) is 3.29. The molecule has 4 bridgehead atoms. The molecule has 0 spiro atoms. The Hall–Kier alpha value is -0.570. The molecule has 102 valence electrons. The summed E-state index contributed by atoms with van der Waals surface area (Å²) >= 11 is 0. The molecular formula is C15H24O3. The van der Waals surface area contributed by atoms with Gasteiger partial charge >= 0.3 is 5.97 Å². The summed E-state index contributed by atoms with van der Waals surface area (Å²) in [5, 5.41) is 0. The summed E-state index contributed by atoms with van der Waals surface area (Å²) in [4.78, 5) is 12.3. The van der Waals surface area contributed by atoms with Crippen molar-refractivity contribution < 1.29 is 14.3 Å². The smallest absolute Gasteiger partial charge is 0.309 e. The fourth-order valence-corrected chi connectivity index (χ4v) is 4.86. The van der Waals surface area contributed by atoms with E-state index in [1.54, 1.807) is 7.11 Å². The van der Waals surface area contributed by atoms with Gasteiger partial charge in [-0.15, -0.1) is 0 Å². The van der Waals surface area contributed by atoms with E-state index in [4.69, 9.17) is 9.47 Å². The third-order valence-corrected chi connectivity index (χ3v) is 5.22. The minimum absolute atomic E-state index is 0.0494. The van der Waals surface area contributed by atoms with Crippen LogP contribution in [0.1, 0.15) is 39.0 Å². The molecular weight excluding hydrogens is 228 g/mol. The average molecular weight is 252 g/mol. The highest BCUT2D eigenvalue weighted by Crippen LogP contribution is 2.56. The summed E-state index contributed by atoms with van der Waals surface area (Å²) in [7, 11) is 1.65. The first-order chi connectivity index (χ1) is 8.67. The first-order valence-electron chi connectivity index (χ1n) is 7.36. The van der Waals surface area contributed by atoms with Crippen LogP contribution in [-0.4, -0.2) is 25.8 Å². The molecule has 1 atom stereocenters. The molecule has 4 fully saturated rings. The van der Waals surface area contributed by atoms with Crippen LogP contribution in [0.2, 0.25) is 0 Å². The molecule has 0 heterocycles. The molecule has 18 heavy (non-hydrogen) atoms. The monoisotopic (exact) mass is 252 g/mol. The van der Waals surface area contributed by atoms with E-state index in [0.717, 1.165) is 11.8 Å². The van der Waals surface area contributed by atoms with Crippen LogP contribution in [0, 0.1) is 29.6 Å². The zero-order valence-corrected chi connectivity index (χ0v) is 11.4. The molecule has 3 nitrogen and oxygen atoms in total. The number of carbonyl (C=O) groups is 1. The van der Waals surface area contributed by atoms with Crippen molar-refractivity contribution in [3.05, 3.63) is 0 Å². The molecule has 0 aromatic carbocycles. The lowest BCUT2D eigenvalue weighted by molar-refractivity contribution is -0.169. The second-order valence-electron chi connectivity index (χ2n) is 6.66. The normalized spacial score (nSPS) is 42.9. The Bertz CT molecular complexity index is 298. The van der Waals surface area contributed by atoms with Gasteiger partial charge in [-0.25, -0.2) is 0 Å². The SMILES string of the molecule is COC[C@H](C)OC(=O)C1C2CC3CC(C2)CC1C3. The van der Waals surface area contributed by atoms with E-state index in [9.17, 15) is 4.79 Å². The molecule has 0 radical (unpaired) electrons. The zero-order chi connectivity index (χ0) is 12.7. The number of esters is 1. The van der Waals surface area contributed by atoms with Gasteiger partial charge in [0.1, 0.15) is 6.10 Å². The van der Waals surface area contributed by atoms with Crippen molar-refractivity contribution in [3.8, 4) is 0 Å². The van der Waals surface area contributed by atoms with E-state index in [0.29, 0.717) is 18.4 Å². The number of hydrogen-bond donors (Lipinski definition) is 0. The maximum Gasteiger partial charge on any atom is 0.309 e. The topological polar surface area (TPSA) is 35.5 Å². The lowest BCUT2D eigenvalue weighted by atomic mass is 9.52. The quantitative estimate of drug-likeness (QED) is 0.722. The first kappa shape index (κ1) is 12.5. The number of hydrogen-bond acceptors (Lipinski definition) is 3. The maximum atomic E-state index is 12.3. The van der Waals surface area contributed by atoms with Gasteiger partial charge in [0.15, 0.2) is 0 Å². The second kappa shape index (κ2) is 4.84. The number of rotatable bonds is 4. The first-order valence-corrected chi connectivity index (χ1v) is 7.36. The molecule has 0 unspecified atom stereocenters. The van der Waals surface area contributed by atoms with Gasteiger partial charge < -0.3 is 9.47 Å². The minimum atomic E-state index is -0.111. The van der Waals surface area contributed by atoms with Crippen LogP contribution < -0.4 is 0 Å². The Morgan fingerprint density at radius 3 is 2.17 bits per heavy atom. The second-order valence-corrected chi connectivity index (χ2v) is 6.66. The average Bonchev–Trinajstić information content (AvgIpc) is 2.27. The van der Waals surface area contributed by atoms with Crippen molar-refractivity contribution in [2.24, 2.45) is 29.6 Å². The predicted molar refractivity (Wildman–Crippen MR) is 68.0 cm³/mol. The predicted octanol–water partition coefficient (Wildman–Crippen LogP) is 2.64. The molecule has 4 aliphatic rings. The summed E-state index contributed by atoms with van der Waals surface area (Å²) in [6.45, 7) is 2.41. The van der Waals surface area contributed by atoms with Crippen molar-refractivity contribution in [1.82, 2.24) is 0 Å². The van der Waals surface area contributed by atoms with Crippen LogP contribution in [0.15, 0.2) is 0 Å².